The third-order valence-corrected chi connectivity index (χ3v) is 5.33. The first kappa shape index (κ1) is 24.2. The molecule has 0 aliphatic rings. The fourth-order valence-electron chi connectivity index (χ4n) is 3.05. The molecule has 0 aromatic heterocycles. The van der Waals surface area contributed by atoms with Crippen LogP contribution in [-0.4, -0.2) is 48.4 Å². The van der Waals surface area contributed by atoms with Crippen LogP contribution in [0.25, 0.3) is 0 Å². The van der Waals surface area contributed by atoms with Gasteiger partial charge in [0, 0.05) is 24.2 Å². The zero-order valence-electron chi connectivity index (χ0n) is 17.8. The molecule has 0 aliphatic heterocycles. The van der Waals surface area contributed by atoms with Gasteiger partial charge in [-0.05, 0) is 49.5 Å². The van der Waals surface area contributed by atoms with Crippen molar-refractivity contribution < 1.29 is 19.2 Å². The lowest BCUT2D eigenvalue weighted by molar-refractivity contribution is -0.384. The lowest BCUT2D eigenvalue weighted by atomic mass is 10.1. The van der Waals surface area contributed by atoms with Gasteiger partial charge in [-0.3, -0.25) is 19.7 Å². The van der Waals surface area contributed by atoms with E-state index in [4.69, 9.17) is 4.74 Å². The van der Waals surface area contributed by atoms with Gasteiger partial charge >= 0.3 is 0 Å². The fourth-order valence-corrected chi connectivity index (χ4v) is 3.52. The minimum atomic E-state index is -0.737. The molecule has 8 nitrogen and oxygen atoms in total. The van der Waals surface area contributed by atoms with Crippen molar-refractivity contribution in [3.8, 4) is 5.75 Å². The summed E-state index contributed by atoms with van der Waals surface area (Å²) in [6, 6.07) is 10.6. The molecule has 9 heteroatoms. The number of nitrogens with zero attached hydrogens (tertiary/aromatic N) is 1. The Morgan fingerprint density at radius 3 is 2.68 bits per heavy atom. The summed E-state index contributed by atoms with van der Waals surface area (Å²) in [6.07, 6.45) is 2.95. The van der Waals surface area contributed by atoms with Gasteiger partial charge in [-0.1, -0.05) is 23.8 Å². The zero-order chi connectivity index (χ0) is 22.8. The van der Waals surface area contributed by atoms with Crippen LogP contribution >= 0.6 is 11.8 Å². The number of non-ortho nitro benzene ring substituents is 1. The smallest absolute Gasteiger partial charge is 0.270 e. The van der Waals surface area contributed by atoms with Crippen molar-refractivity contribution in [1.82, 2.24) is 10.6 Å². The third-order valence-electron chi connectivity index (χ3n) is 4.68. The first-order valence-electron chi connectivity index (χ1n) is 9.81. The van der Waals surface area contributed by atoms with Crippen molar-refractivity contribution in [2.24, 2.45) is 0 Å². The molecule has 0 saturated carbocycles. The maximum Gasteiger partial charge on any atom is 0.270 e. The van der Waals surface area contributed by atoms with Crippen molar-refractivity contribution in [1.29, 1.82) is 0 Å². The highest BCUT2D eigenvalue weighted by Crippen LogP contribution is 2.20. The summed E-state index contributed by atoms with van der Waals surface area (Å²) in [4.78, 5) is 35.7. The van der Waals surface area contributed by atoms with E-state index < -0.39 is 16.9 Å². The molecule has 2 aromatic carbocycles. The van der Waals surface area contributed by atoms with Gasteiger partial charge < -0.3 is 15.4 Å². The van der Waals surface area contributed by atoms with E-state index in [2.05, 4.69) is 10.6 Å². The Morgan fingerprint density at radius 1 is 1.23 bits per heavy atom. The lowest BCUT2D eigenvalue weighted by Gasteiger charge is -2.18. The van der Waals surface area contributed by atoms with Crippen molar-refractivity contribution in [2.45, 2.75) is 25.8 Å². The Labute approximate surface area is 185 Å². The number of aryl methyl sites for hydroxylation is 1. The first-order chi connectivity index (χ1) is 14.8. The first-order valence-corrected chi connectivity index (χ1v) is 11.2. The van der Waals surface area contributed by atoms with Gasteiger partial charge in [0.1, 0.15) is 11.8 Å². The topological polar surface area (TPSA) is 111 Å². The quantitative estimate of drug-likeness (QED) is 0.406. The summed E-state index contributed by atoms with van der Waals surface area (Å²) >= 11 is 1.57. The van der Waals surface area contributed by atoms with Gasteiger partial charge in [0.25, 0.3) is 11.6 Å². The van der Waals surface area contributed by atoms with E-state index >= 15 is 0 Å². The van der Waals surface area contributed by atoms with E-state index in [0.717, 1.165) is 16.9 Å². The number of nitro groups is 1. The van der Waals surface area contributed by atoms with Gasteiger partial charge in [0.05, 0.1) is 12.0 Å². The van der Waals surface area contributed by atoms with Crippen molar-refractivity contribution in [2.75, 3.05) is 25.7 Å². The van der Waals surface area contributed by atoms with Gasteiger partial charge in [-0.2, -0.15) is 11.8 Å². The molecular weight excluding hydrogens is 418 g/mol. The summed E-state index contributed by atoms with van der Waals surface area (Å²) < 4.78 is 5.37. The average molecular weight is 446 g/mol. The van der Waals surface area contributed by atoms with Crippen molar-refractivity contribution in [3.05, 3.63) is 69.3 Å². The van der Waals surface area contributed by atoms with Crippen LogP contribution in [0, 0.1) is 17.0 Å². The molecule has 0 saturated heterocycles. The standard InChI is InChI=1S/C22H27N3O5S/c1-15-7-8-20(30-2)16(13-15)9-11-23-22(27)19(10-12-31-3)24-21(26)17-5-4-6-18(14-17)25(28)29/h4-8,13-14,19H,9-12H2,1-3H3,(H,23,27)(H,24,26). The maximum atomic E-state index is 12.7. The van der Waals surface area contributed by atoms with E-state index in [9.17, 15) is 19.7 Å². The summed E-state index contributed by atoms with van der Waals surface area (Å²) in [6.45, 7) is 2.38. The third kappa shape index (κ3) is 7.29. The second-order valence-electron chi connectivity index (χ2n) is 6.97. The summed E-state index contributed by atoms with van der Waals surface area (Å²) in [5, 5.41) is 16.5. The molecule has 1 atom stereocenters. The minimum Gasteiger partial charge on any atom is -0.496 e. The van der Waals surface area contributed by atoms with Gasteiger partial charge in [0.2, 0.25) is 5.91 Å². The second kappa shape index (κ2) is 11.9. The number of nitrogens with one attached hydrogen (secondary N) is 2. The van der Waals surface area contributed by atoms with E-state index in [1.165, 1.54) is 24.3 Å². The number of methoxy groups -OCH3 is 1. The van der Waals surface area contributed by atoms with E-state index in [1.54, 1.807) is 18.9 Å². The van der Waals surface area contributed by atoms with E-state index in [-0.39, 0.29) is 17.2 Å². The lowest BCUT2D eigenvalue weighted by Crippen LogP contribution is -2.47. The molecule has 31 heavy (non-hydrogen) atoms. The van der Waals surface area contributed by atoms with E-state index in [0.29, 0.717) is 25.1 Å². The molecule has 0 bridgehead atoms. The van der Waals surface area contributed by atoms with Crippen LogP contribution in [-0.2, 0) is 11.2 Å². The Hall–Kier alpha value is -3.07. The molecular formula is C22H27N3O5S. The number of hydrogen-bond donors (Lipinski definition) is 2. The average Bonchev–Trinajstić information content (AvgIpc) is 2.76. The Kier molecular flexibility index (Phi) is 9.33. The Morgan fingerprint density at radius 2 is 2.00 bits per heavy atom. The molecule has 0 heterocycles. The van der Waals surface area contributed by atoms with Crippen LogP contribution < -0.4 is 15.4 Å². The summed E-state index contributed by atoms with van der Waals surface area (Å²) in [7, 11) is 1.61. The zero-order valence-corrected chi connectivity index (χ0v) is 18.7. The Bertz CT molecular complexity index is 935. The Balaban J connectivity index is 2.02. The highest BCUT2D eigenvalue weighted by molar-refractivity contribution is 7.98. The monoisotopic (exact) mass is 445 g/mol. The highest BCUT2D eigenvalue weighted by atomic mass is 32.2. The number of benzene rings is 2. The largest absolute Gasteiger partial charge is 0.496 e. The number of nitro benzene ring substituents is 1. The normalized spacial score (nSPS) is 11.5. The number of carbonyl (C=O) groups is 2. The number of hydrogen-bond acceptors (Lipinski definition) is 6. The fraction of sp³-hybridized carbons (Fsp3) is 0.364. The SMILES string of the molecule is COc1ccc(C)cc1CCNC(=O)C(CCSC)NC(=O)c1cccc([N+](=O)[O-])c1. The molecule has 2 rings (SSSR count). The van der Waals surface area contributed by atoms with Crippen LogP contribution in [0.5, 0.6) is 5.75 Å². The number of rotatable bonds is 11. The second-order valence-corrected chi connectivity index (χ2v) is 7.96. The van der Waals surface area contributed by atoms with Gasteiger partial charge in [-0.15, -0.1) is 0 Å². The maximum absolute atomic E-state index is 12.7. The van der Waals surface area contributed by atoms with Gasteiger partial charge in [-0.25, -0.2) is 0 Å². The molecule has 0 spiro atoms. The number of thioether (sulfide) groups is 1. The number of carbonyl (C=O) groups excluding carboxylic acids is 2. The molecule has 2 N–H and O–H groups in total. The summed E-state index contributed by atoms with van der Waals surface area (Å²) in [5.41, 5.74) is 2.05. The van der Waals surface area contributed by atoms with Crippen LogP contribution in [0.1, 0.15) is 27.9 Å². The van der Waals surface area contributed by atoms with Crippen molar-refractivity contribution >= 4 is 29.3 Å². The predicted molar refractivity (Wildman–Crippen MR) is 122 cm³/mol. The van der Waals surface area contributed by atoms with Gasteiger partial charge in [0.15, 0.2) is 0 Å². The molecule has 0 fully saturated rings. The van der Waals surface area contributed by atoms with Crippen LogP contribution in [0.15, 0.2) is 42.5 Å². The van der Waals surface area contributed by atoms with Crippen LogP contribution in [0.4, 0.5) is 5.69 Å². The molecule has 1 unspecified atom stereocenters. The molecule has 2 amide bonds. The predicted octanol–water partition coefficient (Wildman–Crippen LogP) is 3.12. The number of amides is 2. The minimum absolute atomic E-state index is 0.139. The number of ether oxygens (including phenoxy) is 1. The van der Waals surface area contributed by atoms with E-state index in [1.807, 2.05) is 31.4 Å². The molecule has 166 valence electrons. The van der Waals surface area contributed by atoms with Crippen LogP contribution in [0.2, 0.25) is 0 Å². The molecule has 2 aromatic rings. The molecule has 0 aliphatic carbocycles. The highest BCUT2D eigenvalue weighted by Gasteiger charge is 2.22. The molecule has 0 radical (unpaired) electrons. The van der Waals surface area contributed by atoms with Crippen molar-refractivity contribution in [3.63, 3.8) is 0 Å². The van der Waals surface area contributed by atoms with Crippen LogP contribution in [0.3, 0.4) is 0 Å². The summed E-state index contributed by atoms with van der Waals surface area (Å²) in [5.74, 6) is 0.626.